The van der Waals surface area contributed by atoms with Crippen LogP contribution in [0.1, 0.15) is 56.9 Å². The van der Waals surface area contributed by atoms with Crippen molar-refractivity contribution < 1.29 is 9.59 Å². The van der Waals surface area contributed by atoms with E-state index in [0.717, 1.165) is 57.2 Å². The van der Waals surface area contributed by atoms with Gasteiger partial charge in [-0.05, 0) is 55.9 Å². The van der Waals surface area contributed by atoms with E-state index in [4.69, 9.17) is 0 Å². The van der Waals surface area contributed by atoms with Crippen LogP contribution in [0.4, 0.5) is 4.79 Å². The van der Waals surface area contributed by atoms with Gasteiger partial charge in [0, 0.05) is 25.6 Å². The molecule has 0 saturated heterocycles. The minimum atomic E-state index is -0.0928. The lowest BCUT2D eigenvalue weighted by Crippen LogP contribution is -2.39. The van der Waals surface area contributed by atoms with E-state index in [0.29, 0.717) is 18.4 Å². The van der Waals surface area contributed by atoms with Crippen LogP contribution in [0.5, 0.6) is 0 Å². The lowest BCUT2D eigenvalue weighted by atomic mass is 9.82. The molecule has 3 amide bonds. The van der Waals surface area contributed by atoms with E-state index in [1.54, 1.807) is 0 Å². The Bertz CT molecular complexity index is 591. The fourth-order valence-electron chi connectivity index (χ4n) is 4.29. The summed E-state index contributed by atoms with van der Waals surface area (Å²) in [6.07, 6.45) is 9.08. The van der Waals surface area contributed by atoms with Crippen molar-refractivity contribution in [2.24, 2.45) is 17.8 Å². The van der Waals surface area contributed by atoms with Crippen LogP contribution in [-0.2, 0) is 11.3 Å². The molecule has 0 spiro atoms. The lowest BCUT2D eigenvalue weighted by molar-refractivity contribution is -0.125. The van der Waals surface area contributed by atoms with Crippen LogP contribution in [0.2, 0.25) is 0 Å². The molecule has 2 saturated carbocycles. The quantitative estimate of drug-likeness (QED) is 0.685. The van der Waals surface area contributed by atoms with Gasteiger partial charge in [0.1, 0.15) is 0 Å². The molecule has 148 valence electrons. The highest BCUT2D eigenvalue weighted by molar-refractivity contribution is 5.78. The van der Waals surface area contributed by atoms with Crippen LogP contribution in [0.25, 0.3) is 0 Å². The summed E-state index contributed by atoms with van der Waals surface area (Å²) in [5.41, 5.74) is 1.10. The second-order valence-corrected chi connectivity index (χ2v) is 8.16. The zero-order valence-electron chi connectivity index (χ0n) is 16.2. The number of nitrogens with one attached hydrogen (secondary N) is 3. The predicted molar refractivity (Wildman–Crippen MR) is 107 cm³/mol. The third-order valence-electron chi connectivity index (χ3n) is 6.10. The Kier molecular flexibility index (Phi) is 7.55. The average Bonchev–Trinajstić information content (AvgIpc) is 3.25. The minimum absolute atomic E-state index is 0.0928. The van der Waals surface area contributed by atoms with Crippen molar-refractivity contribution in [3.05, 3.63) is 35.9 Å². The smallest absolute Gasteiger partial charge is 0.315 e. The van der Waals surface area contributed by atoms with Crippen LogP contribution in [0.15, 0.2) is 30.3 Å². The summed E-state index contributed by atoms with van der Waals surface area (Å²) < 4.78 is 0. The molecule has 1 aromatic rings. The van der Waals surface area contributed by atoms with Gasteiger partial charge in [0.25, 0.3) is 0 Å². The summed E-state index contributed by atoms with van der Waals surface area (Å²) in [6, 6.07) is 9.84. The predicted octanol–water partition coefficient (Wildman–Crippen LogP) is 3.60. The Morgan fingerprint density at radius 1 is 0.778 bits per heavy atom. The Morgan fingerprint density at radius 2 is 1.37 bits per heavy atom. The molecule has 0 radical (unpaired) electrons. The first-order chi connectivity index (χ1) is 13.2. The zero-order chi connectivity index (χ0) is 18.9. The topological polar surface area (TPSA) is 70.2 Å². The van der Waals surface area contributed by atoms with Gasteiger partial charge >= 0.3 is 6.03 Å². The molecule has 0 atom stereocenters. The molecule has 5 nitrogen and oxygen atoms in total. The van der Waals surface area contributed by atoms with Crippen molar-refractivity contribution in [1.29, 1.82) is 0 Å². The first-order valence-electron chi connectivity index (χ1n) is 10.5. The number of amides is 3. The third-order valence-corrected chi connectivity index (χ3v) is 6.10. The molecule has 0 aliphatic heterocycles. The molecular weight excluding hydrogens is 338 g/mol. The van der Waals surface area contributed by atoms with Gasteiger partial charge in [-0.1, -0.05) is 43.2 Å². The molecule has 1 aromatic carbocycles. The average molecular weight is 372 g/mol. The summed E-state index contributed by atoms with van der Waals surface area (Å²) in [6.45, 7) is 2.12. The minimum Gasteiger partial charge on any atom is -0.356 e. The Hall–Kier alpha value is -2.04. The van der Waals surface area contributed by atoms with Crippen LogP contribution in [-0.4, -0.2) is 25.0 Å². The molecule has 0 unspecified atom stereocenters. The molecule has 2 aliphatic carbocycles. The molecule has 27 heavy (non-hydrogen) atoms. The molecule has 5 heteroatoms. The Labute approximate surface area is 162 Å². The monoisotopic (exact) mass is 371 g/mol. The number of benzene rings is 1. The van der Waals surface area contributed by atoms with Gasteiger partial charge in [-0.2, -0.15) is 0 Å². The van der Waals surface area contributed by atoms with Crippen molar-refractivity contribution in [2.45, 2.75) is 57.9 Å². The van der Waals surface area contributed by atoms with Gasteiger partial charge in [0.05, 0.1) is 0 Å². The standard InChI is InChI=1S/C22H33N3O2/c26-21(20-8-4-5-9-20)23-14-18-10-12-19(13-11-18)16-25-22(27)24-15-17-6-2-1-3-7-17/h1-3,6-7,18-20H,4-5,8-16H2,(H,23,26)(H2,24,25,27). The van der Waals surface area contributed by atoms with E-state index in [1.165, 1.54) is 12.8 Å². The first kappa shape index (κ1) is 19.7. The van der Waals surface area contributed by atoms with Crippen LogP contribution < -0.4 is 16.0 Å². The van der Waals surface area contributed by atoms with Crippen LogP contribution in [0, 0.1) is 17.8 Å². The van der Waals surface area contributed by atoms with E-state index in [1.807, 2.05) is 30.3 Å². The fraction of sp³-hybridized carbons (Fsp3) is 0.636. The van der Waals surface area contributed by atoms with Crippen molar-refractivity contribution in [3.8, 4) is 0 Å². The third kappa shape index (κ3) is 6.56. The molecule has 0 bridgehead atoms. The number of rotatable bonds is 7. The zero-order valence-corrected chi connectivity index (χ0v) is 16.2. The second-order valence-electron chi connectivity index (χ2n) is 8.16. The van der Waals surface area contributed by atoms with E-state index < -0.39 is 0 Å². The molecule has 2 fully saturated rings. The molecule has 3 N–H and O–H groups in total. The number of carbonyl (C=O) groups excluding carboxylic acids is 2. The van der Waals surface area contributed by atoms with Crippen molar-refractivity contribution >= 4 is 11.9 Å². The van der Waals surface area contributed by atoms with Crippen molar-refractivity contribution in [2.75, 3.05) is 13.1 Å². The number of hydrogen-bond donors (Lipinski definition) is 3. The Balaban J connectivity index is 1.25. The second kappa shape index (κ2) is 10.3. The van der Waals surface area contributed by atoms with E-state index in [2.05, 4.69) is 16.0 Å². The summed E-state index contributed by atoms with van der Waals surface area (Å²) in [5.74, 6) is 1.68. The van der Waals surface area contributed by atoms with Crippen LogP contribution >= 0.6 is 0 Å². The molecule has 2 aliphatic rings. The van der Waals surface area contributed by atoms with Crippen LogP contribution in [0.3, 0.4) is 0 Å². The largest absolute Gasteiger partial charge is 0.356 e. The maximum Gasteiger partial charge on any atom is 0.315 e. The maximum absolute atomic E-state index is 12.1. The van der Waals surface area contributed by atoms with Gasteiger partial charge in [-0.15, -0.1) is 0 Å². The highest BCUT2D eigenvalue weighted by Gasteiger charge is 2.25. The molecule has 0 heterocycles. The van der Waals surface area contributed by atoms with Gasteiger partial charge < -0.3 is 16.0 Å². The fourth-order valence-corrected chi connectivity index (χ4v) is 4.29. The molecular formula is C22H33N3O2. The summed E-state index contributed by atoms with van der Waals surface area (Å²) in [7, 11) is 0. The summed E-state index contributed by atoms with van der Waals surface area (Å²) in [5, 5.41) is 9.09. The van der Waals surface area contributed by atoms with E-state index in [-0.39, 0.29) is 17.9 Å². The molecule has 3 rings (SSSR count). The van der Waals surface area contributed by atoms with Gasteiger partial charge in [-0.25, -0.2) is 4.79 Å². The summed E-state index contributed by atoms with van der Waals surface area (Å²) >= 11 is 0. The van der Waals surface area contributed by atoms with Crippen molar-refractivity contribution in [1.82, 2.24) is 16.0 Å². The molecule has 0 aromatic heterocycles. The summed E-state index contributed by atoms with van der Waals surface area (Å²) in [4.78, 5) is 24.1. The van der Waals surface area contributed by atoms with Gasteiger partial charge in [0.15, 0.2) is 0 Å². The lowest BCUT2D eigenvalue weighted by Gasteiger charge is -2.29. The van der Waals surface area contributed by atoms with Crippen molar-refractivity contribution in [3.63, 3.8) is 0 Å². The highest BCUT2D eigenvalue weighted by Crippen LogP contribution is 2.29. The van der Waals surface area contributed by atoms with Gasteiger partial charge in [-0.3, -0.25) is 4.79 Å². The van der Waals surface area contributed by atoms with E-state index >= 15 is 0 Å². The Morgan fingerprint density at radius 3 is 2.00 bits per heavy atom. The van der Waals surface area contributed by atoms with E-state index in [9.17, 15) is 9.59 Å². The maximum atomic E-state index is 12.1. The van der Waals surface area contributed by atoms with Gasteiger partial charge in [0.2, 0.25) is 5.91 Å². The SMILES string of the molecule is O=C(NCc1ccccc1)NCC1CCC(CNC(=O)C2CCCC2)CC1. The first-order valence-corrected chi connectivity index (χ1v) is 10.5. The number of hydrogen-bond acceptors (Lipinski definition) is 2. The number of urea groups is 1. The number of carbonyl (C=O) groups is 2. The normalized spacial score (nSPS) is 23.0. The highest BCUT2D eigenvalue weighted by atomic mass is 16.2.